The number of imidazole rings is 1. The molecule has 1 saturated heterocycles. The van der Waals surface area contributed by atoms with Gasteiger partial charge in [0.15, 0.2) is 0 Å². The first kappa shape index (κ1) is 16.8. The lowest BCUT2D eigenvalue weighted by Crippen LogP contribution is -2.31. The van der Waals surface area contributed by atoms with Crippen LogP contribution in [0, 0.1) is 0 Å². The largest absolute Gasteiger partial charge is 0.369 e. The summed E-state index contributed by atoms with van der Waals surface area (Å²) in [6, 6.07) is 9.72. The molecule has 1 aliphatic rings. The van der Waals surface area contributed by atoms with Crippen LogP contribution < -0.4 is 10.5 Å². The molecule has 0 radical (unpaired) electrons. The summed E-state index contributed by atoms with van der Waals surface area (Å²) in [5.41, 5.74) is 2.92. The zero-order valence-electron chi connectivity index (χ0n) is 15.1. The number of hydrogen-bond acceptors (Lipinski definition) is 5. The standard InChI is InChI=1S/C19H24N6O/c1-22-7-4-8-23(10-9-22)16-13-19(26)25(21-14-16)12-11-24-15-20-17-5-2-3-6-18(17)24/h2-3,5-6,13-15H,4,7-12H2,1H3. The van der Waals surface area contributed by atoms with Crippen LogP contribution in [0.3, 0.4) is 0 Å². The molecule has 0 atom stereocenters. The van der Waals surface area contributed by atoms with E-state index in [9.17, 15) is 4.79 Å². The summed E-state index contributed by atoms with van der Waals surface area (Å²) in [5.74, 6) is 0. The molecule has 7 nitrogen and oxygen atoms in total. The van der Waals surface area contributed by atoms with Crippen molar-refractivity contribution in [3.8, 4) is 0 Å². The van der Waals surface area contributed by atoms with E-state index in [2.05, 4.69) is 31.5 Å². The second kappa shape index (κ2) is 7.29. The number of likely N-dealkylation sites (N-methyl/N-ethyl adjacent to an activating group) is 1. The topological polar surface area (TPSA) is 59.2 Å². The maximum absolute atomic E-state index is 12.5. The molecule has 0 spiro atoms. The Morgan fingerprint density at radius 2 is 1.96 bits per heavy atom. The number of anilines is 1. The first-order valence-electron chi connectivity index (χ1n) is 9.11. The van der Waals surface area contributed by atoms with Gasteiger partial charge < -0.3 is 14.4 Å². The number of hydrogen-bond donors (Lipinski definition) is 0. The Morgan fingerprint density at radius 1 is 1.08 bits per heavy atom. The van der Waals surface area contributed by atoms with Gasteiger partial charge in [0.2, 0.25) is 0 Å². The van der Waals surface area contributed by atoms with E-state index in [4.69, 9.17) is 0 Å². The van der Waals surface area contributed by atoms with Crippen LogP contribution in [0.25, 0.3) is 11.0 Å². The van der Waals surface area contributed by atoms with Crippen molar-refractivity contribution in [2.24, 2.45) is 0 Å². The molecule has 1 fully saturated rings. The van der Waals surface area contributed by atoms with Gasteiger partial charge in [-0.3, -0.25) is 4.79 Å². The summed E-state index contributed by atoms with van der Waals surface area (Å²) < 4.78 is 3.59. The van der Waals surface area contributed by atoms with Gasteiger partial charge in [-0.25, -0.2) is 9.67 Å². The van der Waals surface area contributed by atoms with Crippen molar-refractivity contribution in [2.75, 3.05) is 38.1 Å². The van der Waals surface area contributed by atoms with Crippen LogP contribution in [0.4, 0.5) is 5.69 Å². The van der Waals surface area contributed by atoms with E-state index in [-0.39, 0.29) is 5.56 Å². The highest BCUT2D eigenvalue weighted by Crippen LogP contribution is 2.13. The van der Waals surface area contributed by atoms with Crippen LogP contribution in [-0.2, 0) is 13.1 Å². The minimum absolute atomic E-state index is 0.0514. The average Bonchev–Trinajstić information content (AvgIpc) is 2.94. The van der Waals surface area contributed by atoms with Gasteiger partial charge in [-0.2, -0.15) is 5.10 Å². The van der Waals surface area contributed by atoms with Crippen LogP contribution in [-0.4, -0.2) is 57.5 Å². The van der Waals surface area contributed by atoms with Crippen molar-refractivity contribution in [1.82, 2.24) is 24.2 Å². The van der Waals surface area contributed by atoms with E-state index in [0.717, 1.165) is 49.3 Å². The number of fused-ring (bicyclic) bond motifs is 1. The van der Waals surface area contributed by atoms with E-state index in [1.165, 1.54) is 4.68 Å². The van der Waals surface area contributed by atoms with Gasteiger partial charge in [-0.1, -0.05) is 12.1 Å². The Bertz CT molecular complexity index is 946. The summed E-state index contributed by atoms with van der Waals surface area (Å²) >= 11 is 0. The molecule has 3 aromatic rings. The van der Waals surface area contributed by atoms with Gasteiger partial charge in [-0.15, -0.1) is 0 Å². The molecule has 1 aliphatic heterocycles. The van der Waals surface area contributed by atoms with Crippen molar-refractivity contribution in [3.05, 3.63) is 53.2 Å². The molecule has 0 amide bonds. The van der Waals surface area contributed by atoms with Crippen molar-refractivity contribution < 1.29 is 0 Å². The minimum atomic E-state index is -0.0514. The molecule has 2 aromatic heterocycles. The Balaban J connectivity index is 1.47. The van der Waals surface area contributed by atoms with Crippen molar-refractivity contribution in [1.29, 1.82) is 0 Å². The van der Waals surface area contributed by atoms with E-state index in [0.29, 0.717) is 13.1 Å². The SMILES string of the molecule is CN1CCCN(c2cnn(CCn3cnc4ccccc43)c(=O)c2)CC1. The van der Waals surface area contributed by atoms with E-state index < -0.39 is 0 Å². The quantitative estimate of drug-likeness (QED) is 0.711. The summed E-state index contributed by atoms with van der Waals surface area (Å²) in [6.45, 7) is 5.21. The maximum atomic E-state index is 12.5. The summed E-state index contributed by atoms with van der Waals surface area (Å²) in [6.07, 6.45) is 4.74. The lowest BCUT2D eigenvalue weighted by molar-refractivity contribution is 0.360. The summed E-state index contributed by atoms with van der Waals surface area (Å²) in [4.78, 5) is 21.5. The molecular weight excluding hydrogens is 328 g/mol. The molecule has 136 valence electrons. The number of nitrogens with zero attached hydrogens (tertiary/aromatic N) is 6. The fourth-order valence-electron chi connectivity index (χ4n) is 3.46. The lowest BCUT2D eigenvalue weighted by atomic mass is 10.3. The number of aromatic nitrogens is 4. The van der Waals surface area contributed by atoms with Crippen molar-refractivity contribution >= 4 is 16.7 Å². The van der Waals surface area contributed by atoms with Gasteiger partial charge in [0.25, 0.3) is 5.56 Å². The van der Waals surface area contributed by atoms with Crippen LogP contribution in [0.15, 0.2) is 47.7 Å². The highest BCUT2D eigenvalue weighted by molar-refractivity contribution is 5.74. The monoisotopic (exact) mass is 352 g/mol. The third kappa shape index (κ3) is 3.48. The summed E-state index contributed by atoms with van der Waals surface area (Å²) in [5, 5.41) is 4.40. The predicted octanol–water partition coefficient (Wildman–Crippen LogP) is 1.44. The molecule has 7 heteroatoms. The molecule has 26 heavy (non-hydrogen) atoms. The first-order chi connectivity index (χ1) is 12.7. The second-order valence-electron chi connectivity index (χ2n) is 6.85. The van der Waals surface area contributed by atoms with Crippen LogP contribution in [0.1, 0.15) is 6.42 Å². The predicted molar refractivity (Wildman–Crippen MR) is 103 cm³/mol. The third-order valence-corrected chi connectivity index (χ3v) is 5.02. The van der Waals surface area contributed by atoms with Crippen LogP contribution in [0.5, 0.6) is 0 Å². The number of benzene rings is 1. The van der Waals surface area contributed by atoms with E-state index in [1.807, 2.05) is 36.8 Å². The Hall–Kier alpha value is -2.67. The van der Waals surface area contributed by atoms with Gasteiger partial charge in [0.05, 0.1) is 35.8 Å². The number of rotatable bonds is 4. The second-order valence-corrected chi connectivity index (χ2v) is 6.85. The fourth-order valence-corrected chi connectivity index (χ4v) is 3.46. The maximum Gasteiger partial charge on any atom is 0.268 e. The zero-order chi connectivity index (χ0) is 17.9. The highest BCUT2D eigenvalue weighted by Gasteiger charge is 2.14. The normalized spacial score (nSPS) is 16.1. The summed E-state index contributed by atoms with van der Waals surface area (Å²) in [7, 11) is 2.14. The smallest absolute Gasteiger partial charge is 0.268 e. The van der Waals surface area contributed by atoms with Crippen LogP contribution in [0.2, 0.25) is 0 Å². The van der Waals surface area contributed by atoms with Gasteiger partial charge in [0, 0.05) is 32.2 Å². The lowest BCUT2D eigenvalue weighted by Gasteiger charge is -2.22. The zero-order valence-corrected chi connectivity index (χ0v) is 15.1. The molecule has 3 heterocycles. The van der Waals surface area contributed by atoms with Crippen molar-refractivity contribution in [2.45, 2.75) is 19.5 Å². The highest BCUT2D eigenvalue weighted by atomic mass is 16.1. The molecule has 0 aliphatic carbocycles. The van der Waals surface area contributed by atoms with Crippen LogP contribution >= 0.6 is 0 Å². The molecule has 0 bridgehead atoms. The Kier molecular flexibility index (Phi) is 4.71. The van der Waals surface area contributed by atoms with Crippen molar-refractivity contribution in [3.63, 3.8) is 0 Å². The average molecular weight is 352 g/mol. The number of aryl methyl sites for hydroxylation is 2. The Labute approximate surface area is 152 Å². The van der Waals surface area contributed by atoms with E-state index >= 15 is 0 Å². The molecule has 0 unspecified atom stereocenters. The molecule has 0 N–H and O–H groups in total. The van der Waals surface area contributed by atoms with Gasteiger partial charge >= 0.3 is 0 Å². The fraction of sp³-hybridized carbons (Fsp3) is 0.421. The minimum Gasteiger partial charge on any atom is -0.369 e. The Morgan fingerprint density at radius 3 is 2.85 bits per heavy atom. The molecule has 0 saturated carbocycles. The molecular formula is C19H24N6O. The first-order valence-corrected chi connectivity index (χ1v) is 9.11. The van der Waals surface area contributed by atoms with Gasteiger partial charge in [-0.05, 0) is 32.1 Å². The third-order valence-electron chi connectivity index (χ3n) is 5.02. The number of para-hydroxylation sites is 2. The molecule has 1 aromatic carbocycles. The molecule has 4 rings (SSSR count). The van der Waals surface area contributed by atoms with Gasteiger partial charge in [0.1, 0.15) is 0 Å². The van der Waals surface area contributed by atoms with E-state index in [1.54, 1.807) is 6.07 Å².